The fraction of sp³-hybridized carbons (Fsp3) is 0.375. The predicted octanol–water partition coefficient (Wildman–Crippen LogP) is 2.60. The van der Waals surface area contributed by atoms with E-state index in [-0.39, 0.29) is 17.2 Å². The number of anilines is 2. The number of carbonyl (C=O) groups excluding carboxylic acids is 1. The molecular weight excluding hydrogens is 346 g/mol. The van der Waals surface area contributed by atoms with Gasteiger partial charge >= 0.3 is 0 Å². The highest BCUT2D eigenvalue weighted by Crippen LogP contribution is 2.22. The first kappa shape index (κ1) is 18.4. The van der Waals surface area contributed by atoms with Crippen LogP contribution in [0.25, 0.3) is 0 Å². The van der Waals surface area contributed by atoms with Crippen molar-refractivity contribution in [1.29, 1.82) is 0 Å². The van der Waals surface area contributed by atoms with Crippen molar-refractivity contribution in [3.63, 3.8) is 0 Å². The van der Waals surface area contributed by atoms with Crippen LogP contribution in [0, 0.1) is 5.92 Å². The Morgan fingerprint density at radius 2 is 1.92 bits per heavy atom. The van der Waals surface area contributed by atoms with Crippen LogP contribution < -0.4 is 10.6 Å². The Labute approximate surface area is 146 Å². The summed E-state index contributed by atoms with van der Waals surface area (Å²) in [4.78, 5) is 16.4. The van der Waals surface area contributed by atoms with Crippen LogP contribution in [0.2, 0.25) is 0 Å². The zero-order valence-corrected chi connectivity index (χ0v) is 15.5. The van der Waals surface area contributed by atoms with Crippen LogP contribution in [0.1, 0.15) is 19.5 Å². The number of hydrogen-bond acceptors (Lipinski definition) is 6. The number of aromatic nitrogens is 1. The first-order valence-corrected chi connectivity index (χ1v) is 10.3. The number of sulfone groups is 1. The summed E-state index contributed by atoms with van der Waals surface area (Å²) < 4.78 is 22.9. The summed E-state index contributed by atoms with van der Waals surface area (Å²) in [5, 5.41) is 8.46. The molecule has 0 spiro atoms. The molecule has 1 aromatic carbocycles. The quantitative estimate of drug-likeness (QED) is 0.785. The van der Waals surface area contributed by atoms with Gasteiger partial charge in [-0.3, -0.25) is 4.79 Å². The van der Waals surface area contributed by atoms with E-state index in [1.807, 2.05) is 19.2 Å². The van der Waals surface area contributed by atoms with E-state index < -0.39 is 9.84 Å². The van der Waals surface area contributed by atoms with Gasteiger partial charge in [-0.05, 0) is 30.2 Å². The van der Waals surface area contributed by atoms with Crippen molar-refractivity contribution in [2.24, 2.45) is 5.92 Å². The third kappa shape index (κ3) is 5.61. The van der Waals surface area contributed by atoms with Crippen LogP contribution in [0.5, 0.6) is 0 Å². The molecule has 0 aliphatic heterocycles. The lowest BCUT2D eigenvalue weighted by molar-refractivity contribution is -0.120. The Bertz CT molecular complexity index is 796. The predicted molar refractivity (Wildman–Crippen MR) is 96.5 cm³/mol. The van der Waals surface area contributed by atoms with Gasteiger partial charge in [0.25, 0.3) is 0 Å². The Morgan fingerprint density at radius 3 is 2.50 bits per heavy atom. The second kappa shape index (κ2) is 7.76. The third-order valence-corrected chi connectivity index (χ3v) is 5.07. The normalized spacial score (nSPS) is 11.5. The van der Waals surface area contributed by atoms with E-state index in [1.54, 1.807) is 24.3 Å². The Kier molecular flexibility index (Phi) is 5.95. The molecule has 2 N–H and O–H groups in total. The second-order valence-electron chi connectivity index (χ2n) is 5.94. The summed E-state index contributed by atoms with van der Waals surface area (Å²) in [6, 6.07) is 6.47. The van der Waals surface area contributed by atoms with Crippen LogP contribution >= 0.6 is 11.3 Å². The topological polar surface area (TPSA) is 88.2 Å². The van der Waals surface area contributed by atoms with Crippen molar-refractivity contribution in [1.82, 2.24) is 10.3 Å². The van der Waals surface area contributed by atoms with Gasteiger partial charge in [-0.2, -0.15) is 0 Å². The van der Waals surface area contributed by atoms with Crippen molar-refractivity contribution >= 4 is 37.9 Å². The zero-order valence-electron chi connectivity index (χ0n) is 13.9. The van der Waals surface area contributed by atoms with Crippen LogP contribution in [0.15, 0.2) is 34.5 Å². The van der Waals surface area contributed by atoms with Gasteiger partial charge in [0.1, 0.15) is 0 Å². The van der Waals surface area contributed by atoms with Crippen molar-refractivity contribution in [2.45, 2.75) is 25.2 Å². The molecule has 0 saturated heterocycles. The molecule has 24 heavy (non-hydrogen) atoms. The van der Waals surface area contributed by atoms with Gasteiger partial charge in [-0.25, -0.2) is 13.4 Å². The first-order valence-electron chi connectivity index (χ1n) is 7.52. The van der Waals surface area contributed by atoms with Gasteiger partial charge in [0, 0.05) is 23.9 Å². The molecule has 1 heterocycles. The van der Waals surface area contributed by atoms with Crippen molar-refractivity contribution < 1.29 is 13.2 Å². The van der Waals surface area contributed by atoms with Crippen LogP contribution in [0.3, 0.4) is 0 Å². The summed E-state index contributed by atoms with van der Waals surface area (Å²) >= 11 is 1.40. The highest BCUT2D eigenvalue weighted by atomic mass is 32.2. The highest BCUT2D eigenvalue weighted by Gasteiger charge is 2.09. The number of carbonyl (C=O) groups is 1. The minimum atomic E-state index is -3.20. The number of thiazole rings is 1. The zero-order chi connectivity index (χ0) is 17.7. The molecule has 0 saturated carbocycles. The standard InChI is InChI=1S/C16H21N3O3S2/c1-11(2)9-17-15(20)8-13-10-23-16(19-13)18-12-4-6-14(7-5-12)24(3,21)22/h4-7,10-11H,8-9H2,1-3H3,(H,17,20)(H,18,19). The molecule has 0 aliphatic carbocycles. The van der Waals surface area contributed by atoms with Gasteiger partial charge in [-0.1, -0.05) is 13.8 Å². The average Bonchev–Trinajstić information content (AvgIpc) is 2.92. The van der Waals surface area contributed by atoms with Gasteiger partial charge < -0.3 is 10.6 Å². The number of hydrogen-bond donors (Lipinski definition) is 2. The van der Waals surface area contributed by atoms with Crippen molar-refractivity contribution in [3.8, 4) is 0 Å². The molecule has 0 bridgehead atoms. The second-order valence-corrected chi connectivity index (χ2v) is 8.81. The lowest BCUT2D eigenvalue weighted by Crippen LogP contribution is -2.28. The summed E-state index contributed by atoms with van der Waals surface area (Å²) in [5.74, 6) is 0.370. The monoisotopic (exact) mass is 367 g/mol. The molecule has 130 valence electrons. The molecule has 8 heteroatoms. The lowest BCUT2D eigenvalue weighted by atomic mass is 10.2. The smallest absolute Gasteiger partial charge is 0.226 e. The van der Waals surface area contributed by atoms with Gasteiger partial charge in [0.2, 0.25) is 5.91 Å². The molecule has 0 fully saturated rings. The molecule has 2 aromatic rings. The SMILES string of the molecule is CC(C)CNC(=O)Cc1csc(Nc2ccc(S(C)(=O)=O)cc2)n1. The molecule has 0 radical (unpaired) electrons. The van der Waals surface area contributed by atoms with Gasteiger partial charge in [-0.15, -0.1) is 11.3 Å². The molecule has 0 aliphatic rings. The average molecular weight is 367 g/mol. The minimum absolute atomic E-state index is 0.0435. The van der Waals surface area contributed by atoms with E-state index in [2.05, 4.69) is 15.6 Å². The molecule has 1 aromatic heterocycles. The Morgan fingerprint density at radius 1 is 1.25 bits per heavy atom. The molecule has 0 unspecified atom stereocenters. The number of nitrogens with zero attached hydrogens (tertiary/aromatic N) is 1. The highest BCUT2D eigenvalue weighted by molar-refractivity contribution is 7.90. The third-order valence-electron chi connectivity index (χ3n) is 3.13. The van der Waals surface area contributed by atoms with Crippen LogP contribution in [-0.2, 0) is 21.1 Å². The van der Waals surface area contributed by atoms with E-state index in [9.17, 15) is 13.2 Å². The maximum atomic E-state index is 11.8. The fourth-order valence-corrected chi connectivity index (χ4v) is 3.26. The van der Waals surface area contributed by atoms with Crippen molar-refractivity contribution in [2.75, 3.05) is 18.1 Å². The molecule has 0 atom stereocenters. The number of nitrogens with one attached hydrogen (secondary N) is 2. The number of rotatable bonds is 7. The summed E-state index contributed by atoms with van der Waals surface area (Å²) in [6.07, 6.45) is 1.42. The number of amides is 1. The summed E-state index contributed by atoms with van der Waals surface area (Å²) in [6.45, 7) is 4.74. The van der Waals surface area contributed by atoms with E-state index in [0.717, 1.165) is 5.69 Å². The molecule has 6 nitrogen and oxygen atoms in total. The summed E-state index contributed by atoms with van der Waals surface area (Å²) in [5.41, 5.74) is 1.45. The summed E-state index contributed by atoms with van der Waals surface area (Å²) in [7, 11) is -3.20. The minimum Gasteiger partial charge on any atom is -0.356 e. The number of benzene rings is 1. The largest absolute Gasteiger partial charge is 0.356 e. The van der Waals surface area contributed by atoms with E-state index >= 15 is 0 Å². The van der Waals surface area contributed by atoms with E-state index in [1.165, 1.54) is 17.6 Å². The Balaban J connectivity index is 1.95. The van der Waals surface area contributed by atoms with Crippen LogP contribution in [0.4, 0.5) is 10.8 Å². The Hall–Kier alpha value is -1.93. The maximum absolute atomic E-state index is 11.8. The lowest BCUT2D eigenvalue weighted by Gasteiger charge is -2.06. The molecule has 1 amide bonds. The fourth-order valence-electron chi connectivity index (χ4n) is 1.90. The van der Waals surface area contributed by atoms with Crippen LogP contribution in [-0.4, -0.2) is 32.1 Å². The van der Waals surface area contributed by atoms with E-state index in [4.69, 9.17) is 0 Å². The maximum Gasteiger partial charge on any atom is 0.226 e. The molecular formula is C16H21N3O3S2. The van der Waals surface area contributed by atoms with Gasteiger partial charge in [0.15, 0.2) is 15.0 Å². The van der Waals surface area contributed by atoms with E-state index in [0.29, 0.717) is 23.3 Å². The first-order chi connectivity index (χ1) is 11.2. The molecule has 2 rings (SSSR count). The van der Waals surface area contributed by atoms with Crippen molar-refractivity contribution in [3.05, 3.63) is 35.3 Å². The van der Waals surface area contributed by atoms with Gasteiger partial charge in [0.05, 0.1) is 17.0 Å².